The molecule has 0 aliphatic rings. The second kappa shape index (κ2) is 6.56. The van der Waals surface area contributed by atoms with E-state index in [1.807, 2.05) is 11.5 Å². The Morgan fingerprint density at radius 3 is 2.68 bits per heavy atom. The number of allylic oxidation sites excluding steroid dienone is 1. The zero-order valence-electron chi connectivity index (χ0n) is 13.5. The van der Waals surface area contributed by atoms with Crippen molar-refractivity contribution in [2.75, 3.05) is 5.75 Å². The number of imidazole rings is 1. The summed E-state index contributed by atoms with van der Waals surface area (Å²) < 4.78 is 3.22. The van der Waals surface area contributed by atoms with Crippen LogP contribution in [0.25, 0.3) is 11.2 Å². The Morgan fingerprint density at radius 2 is 2.09 bits per heavy atom. The van der Waals surface area contributed by atoms with Crippen LogP contribution >= 0.6 is 11.8 Å². The summed E-state index contributed by atoms with van der Waals surface area (Å²) in [6.45, 7) is 10.7. The van der Waals surface area contributed by atoms with E-state index in [4.69, 9.17) is 0 Å². The van der Waals surface area contributed by atoms with E-state index in [-0.39, 0.29) is 0 Å². The second-order valence-electron chi connectivity index (χ2n) is 5.96. The second-order valence-corrected chi connectivity index (χ2v) is 7.02. The number of aryl methyl sites for hydroxylation is 1. The summed E-state index contributed by atoms with van der Waals surface area (Å²) in [5.74, 6) is 1.53. The van der Waals surface area contributed by atoms with Crippen LogP contribution in [0.2, 0.25) is 0 Å². The van der Waals surface area contributed by atoms with Gasteiger partial charge >= 0.3 is 5.69 Å². The van der Waals surface area contributed by atoms with Gasteiger partial charge in [-0.3, -0.25) is 14.3 Å². The summed E-state index contributed by atoms with van der Waals surface area (Å²) in [5, 5.41) is 0.755. The minimum atomic E-state index is -0.448. The monoisotopic (exact) mass is 322 g/mol. The van der Waals surface area contributed by atoms with E-state index in [1.165, 1.54) is 4.57 Å². The molecular formula is C15H22N4O2S. The molecule has 0 aromatic carbocycles. The van der Waals surface area contributed by atoms with Crippen LogP contribution in [0, 0.1) is 5.92 Å². The van der Waals surface area contributed by atoms with Gasteiger partial charge in [-0.1, -0.05) is 37.8 Å². The van der Waals surface area contributed by atoms with E-state index < -0.39 is 11.2 Å². The van der Waals surface area contributed by atoms with Crippen LogP contribution in [0.5, 0.6) is 0 Å². The van der Waals surface area contributed by atoms with Crippen LogP contribution in [0.4, 0.5) is 0 Å². The van der Waals surface area contributed by atoms with Gasteiger partial charge in [0.1, 0.15) is 0 Å². The molecule has 2 rings (SSSR count). The molecule has 1 N–H and O–H groups in total. The molecule has 2 aromatic rings. The van der Waals surface area contributed by atoms with Crippen molar-refractivity contribution in [3.63, 3.8) is 0 Å². The summed E-state index contributed by atoms with van der Waals surface area (Å²) in [7, 11) is 1.61. The quantitative estimate of drug-likeness (QED) is 0.653. The molecule has 2 heterocycles. The SMILES string of the molecule is C=C(C)Cn1c(SCCC(C)C)nc2c1c(=O)[nH]c(=O)n2C. The van der Waals surface area contributed by atoms with E-state index in [0.717, 1.165) is 22.9 Å². The Bertz CT molecular complexity index is 813. The van der Waals surface area contributed by atoms with Crippen molar-refractivity contribution in [2.24, 2.45) is 13.0 Å². The zero-order valence-corrected chi connectivity index (χ0v) is 14.3. The van der Waals surface area contributed by atoms with Crippen molar-refractivity contribution < 1.29 is 0 Å². The highest BCUT2D eigenvalue weighted by molar-refractivity contribution is 7.99. The van der Waals surface area contributed by atoms with Crippen molar-refractivity contribution in [2.45, 2.75) is 38.9 Å². The molecular weight excluding hydrogens is 300 g/mol. The molecule has 22 heavy (non-hydrogen) atoms. The van der Waals surface area contributed by atoms with Crippen LogP contribution in [0.1, 0.15) is 27.2 Å². The van der Waals surface area contributed by atoms with E-state index >= 15 is 0 Å². The van der Waals surface area contributed by atoms with Gasteiger partial charge < -0.3 is 4.57 Å². The maximum Gasteiger partial charge on any atom is 0.329 e. The Hall–Kier alpha value is -1.76. The number of rotatable bonds is 6. The normalized spacial score (nSPS) is 11.5. The van der Waals surface area contributed by atoms with Gasteiger partial charge in [-0.25, -0.2) is 9.78 Å². The maximum atomic E-state index is 12.2. The number of fused-ring (bicyclic) bond motifs is 1. The van der Waals surface area contributed by atoms with E-state index in [9.17, 15) is 9.59 Å². The summed E-state index contributed by atoms with van der Waals surface area (Å²) in [5.41, 5.74) is 0.927. The predicted octanol–water partition coefficient (Wildman–Crippen LogP) is 2.14. The molecule has 0 bridgehead atoms. The van der Waals surface area contributed by atoms with Gasteiger partial charge in [-0.05, 0) is 19.3 Å². The zero-order chi connectivity index (χ0) is 16.4. The first kappa shape index (κ1) is 16.6. The molecule has 0 saturated heterocycles. The first-order valence-corrected chi connectivity index (χ1v) is 8.26. The Kier molecular flexibility index (Phi) is 4.95. The van der Waals surface area contributed by atoms with Crippen LogP contribution in [0.3, 0.4) is 0 Å². The lowest BCUT2D eigenvalue weighted by molar-refractivity contribution is 0.630. The summed E-state index contributed by atoms with van der Waals surface area (Å²) in [6, 6.07) is 0. The number of aromatic amines is 1. The van der Waals surface area contributed by atoms with Gasteiger partial charge in [-0.2, -0.15) is 0 Å². The van der Waals surface area contributed by atoms with Crippen molar-refractivity contribution in [1.82, 2.24) is 19.1 Å². The van der Waals surface area contributed by atoms with Gasteiger partial charge in [-0.15, -0.1) is 0 Å². The minimum Gasteiger partial charge on any atom is -0.309 e. The molecule has 0 saturated carbocycles. The lowest BCUT2D eigenvalue weighted by atomic mass is 10.2. The van der Waals surface area contributed by atoms with Crippen molar-refractivity contribution in [3.05, 3.63) is 33.0 Å². The van der Waals surface area contributed by atoms with Crippen molar-refractivity contribution in [1.29, 1.82) is 0 Å². The molecule has 0 spiro atoms. The predicted molar refractivity (Wildman–Crippen MR) is 90.6 cm³/mol. The maximum absolute atomic E-state index is 12.2. The molecule has 2 aromatic heterocycles. The Balaban J connectivity index is 2.57. The topological polar surface area (TPSA) is 72.7 Å². The number of thioether (sulfide) groups is 1. The largest absolute Gasteiger partial charge is 0.329 e. The van der Waals surface area contributed by atoms with Gasteiger partial charge in [0.2, 0.25) is 0 Å². The first-order chi connectivity index (χ1) is 10.3. The highest BCUT2D eigenvalue weighted by Crippen LogP contribution is 2.24. The fourth-order valence-corrected chi connectivity index (χ4v) is 3.36. The lowest BCUT2D eigenvalue weighted by Crippen LogP contribution is -2.29. The fraction of sp³-hybridized carbons (Fsp3) is 0.533. The number of aromatic nitrogens is 4. The number of hydrogen-bond acceptors (Lipinski definition) is 4. The number of hydrogen-bond donors (Lipinski definition) is 1. The van der Waals surface area contributed by atoms with Crippen LogP contribution in [-0.2, 0) is 13.6 Å². The molecule has 6 nitrogen and oxygen atoms in total. The number of H-pyrrole nitrogens is 1. The first-order valence-electron chi connectivity index (χ1n) is 7.28. The molecule has 0 aliphatic carbocycles. The molecule has 0 aliphatic heterocycles. The third kappa shape index (κ3) is 3.35. The standard InChI is InChI=1S/C15H22N4O2S/c1-9(2)6-7-22-15-16-12-11(19(15)8-10(3)4)13(20)17-14(21)18(12)5/h9H,3,6-8H2,1-2,4-5H3,(H,17,20,21). The summed E-state index contributed by atoms with van der Waals surface area (Å²) >= 11 is 1.61. The minimum absolute atomic E-state index is 0.400. The average molecular weight is 322 g/mol. The molecule has 0 atom stereocenters. The summed E-state index contributed by atoms with van der Waals surface area (Å²) in [4.78, 5) is 30.8. The van der Waals surface area contributed by atoms with E-state index in [2.05, 4.69) is 30.4 Å². The highest BCUT2D eigenvalue weighted by Gasteiger charge is 2.17. The number of nitrogens with one attached hydrogen (secondary N) is 1. The van der Waals surface area contributed by atoms with Gasteiger partial charge in [0.05, 0.1) is 0 Å². The van der Waals surface area contributed by atoms with E-state index in [0.29, 0.717) is 23.6 Å². The third-order valence-corrected chi connectivity index (χ3v) is 4.34. The molecule has 120 valence electrons. The van der Waals surface area contributed by atoms with Crippen molar-refractivity contribution in [3.8, 4) is 0 Å². The Labute approximate surface area is 133 Å². The smallest absolute Gasteiger partial charge is 0.309 e. The molecule has 0 unspecified atom stereocenters. The van der Waals surface area contributed by atoms with Crippen LogP contribution in [0.15, 0.2) is 26.9 Å². The lowest BCUT2D eigenvalue weighted by Gasteiger charge is -2.08. The Morgan fingerprint density at radius 1 is 1.41 bits per heavy atom. The van der Waals surface area contributed by atoms with Crippen molar-refractivity contribution >= 4 is 22.9 Å². The highest BCUT2D eigenvalue weighted by atomic mass is 32.2. The summed E-state index contributed by atoms with van der Waals surface area (Å²) in [6.07, 6.45) is 1.07. The molecule has 0 radical (unpaired) electrons. The average Bonchev–Trinajstić information content (AvgIpc) is 2.74. The third-order valence-electron chi connectivity index (χ3n) is 3.33. The number of nitrogens with zero attached hydrogens (tertiary/aromatic N) is 3. The van der Waals surface area contributed by atoms with Crippen LogP contribution in [-0.4, -0.2) is 24.9 Å². The molecule has 0 fully saturated rings. The molecule has 0 amide bonds. The van der Waals surface area contributed by atoms with Gasteiger partial charge in [0, 0.05) is 19.3 Å². The van der Waals surface area contributed by atoms with Gasteiger partial charge in [0.25, 0.3) is 5.56 Å². The van der Waals surface area contributed by atoms with E-state index in [1.54, 1.807) is 18.8 Å². The van der Waals surface area contributed by atoms with Crippen LogP contribution < -0.4 is 11.2 Å². The van der Waals surface area contributed by atoms with Gasteiger partial charge in [0.15, 0.2) is 16.3 Å². The molecule has 7 heteroatoms. The fourth-order valence-electron chi connectivity index (χ4n) is 2.13.